The molecule has 0 aliphatic carbocycles. The molecule has 0 saturated heterocycles. The van der Waals surface area contributed by atoms with Crippen LogP contribution < -0.4 is 0 Å². The Hall–Kier alpha value is 1.09. The van der Waals surface area contributed by atoms with Gasteiger partial charge in [-0.05, 0) is 0 Å². The summed E-state index contributed by atoms with van der Waals surface area (Å²) in [5.74, 6) is 0. The van der Waals surface area contributed by atoms with E-state index >= 15 is 0 Å². The number of hydrogen-bond acceptors (Lipinski definition) is 0. The number of rotatable bonds is 4. The van der Waals surface area contributed by atoms with Crippen LogP contribution >= 0.6 is 0 Å². The zero-order valence-electron chi connectivity index (χ0n) is 4.83. The molecule has 2 heteroatoms. The van der Waals surface area contributed by atoms with Crippen LogP contribution in [0.2, 0.25) is 6.04 Å². The molecule has 0 nitrogen and oxygen atoms in total. The predicted molar refractivity (Wildman–Crippen MR) is 30.1 cm³/mol. The molecule has 0 bridgehead atoms. The van der Waals surface area contributed by atoms with Crippen molar-refractivity contribution >= 4 is 6.22 Å². The third kappa shape index (κ3) is 7.09. The van der Waals surface area contributed by atoms with Crippen LogP contribution in [0.1, 0.15) is 26.2 Å². The summed E-state index contributed by atoms with van der Waals surface area (Å²) in [6.07, 6.45) is 5.63. The molecule has 0 amide bonds. The standard InChI is InChI=1S/C5H11Si.Hf/c1-2-3-4-5-6;/h2-5H2,1H3;/q;+2. The first kappa shape index (κ1) is 8.09. The van der Waals surface area contributed by atoms with Gasteiger partial charge < -0.3 is 0 Å². The summed E-state index contributed by atoms with van der Waals surface area (Å²) in [7, 11) is 0. The minimum absolute atomic E-state index is 1.31. The summed E-state index contributed by atoms with van der Waals surface area (Å²) in [5, 5.41) is 0. The van der Waals surface area contributed by atoms with Gasteiger partial charge in [-0.25, -0.2) is 0 Å². The SMILES string of the molecule is CCCCC[Si]=[Hf+2]. The van der Waals surface area contributed by atoms with Crippen LogP contribution in [0.4, 0.5) is 0 Å². The predicted octanol–water partition coefficient (Wildman–Crippen LogP) is 1.76. The van der Waals surface area contributed by atoms with Crippen LogP contribution in [0.5, 0.6) is 0 Å². The second kappa shape index (κ2) is 7.09. The summed E-state index contributed by atoms with van der Waals surface area (Å²) in [5.41, 5.74) is 0. The van der Waals surface area contributed by atoms with E-state index in [2.05, 4.69) is 6.92 Å². The van der Waals surface area contributed by atoms with Gasteiger partial charge in [-0.3, -0.25) is 0 Å². The van der Waals surface area contributed by atoms with Crippen molar-refractivity contribution in [1.29, 1.82) is 0 Å². The van der Waals surface area contributed by atoms with Gasteiger partial charge in [-0.1, -0.05) is 0 Å². The van der Waals surface area contributed by atoms with Crippen LogP contribution in [0, 0.1) is 0 Å². The van der Waals surface area contributed by atoms with E-state index in [1.807, 2.05) is 0 Å². The Morgan fingerprint density at radius 1 is 1.43 bits per heavy atom. The third-order valence-electron chi connectivity index (χ3n) is 0.905. The maximum absolute atomic E-state index is 2.26. The van der Waals surface area contributed by atoms with E-state index in [1.54, 1.807) is 0 Å². The Balaban J connectivity index is 2.56. The summed E-state index contributed by atoms with van der Waals surface area (Å²) in [6, 6.07) is 1.51. The Kier molecular flexibility index (Phi) is 8.19. The average molecular weight is 278 g/mol. The van der Waals surface area contributed by atoms with Crippen LogP contribution in [0.15, 0.2) is 0 Å². The average Bonchev–Trinajstić information content (AvgIpc) is 1.69. The summed E-state index contributed by atoms with van der Waals surface area (Å²) >= 11 is 1.43. The van der Waals surface area contributed by atoms with E-state index in [-0.39, 0.29) is 0 Å². The van der Waals surface area contributed by atoms with E-state index < -0.39 is 0 Å². The van der Waals surface area contributed by atoms with Gasteiger partial charge in [0.25, 0.3) is 0 Å². The zero-order valence-corrected chi connectivity index (χ0v) is 9.42. The van der Waals surface area contributed by atoms with Crippen LogP contribution in [-0.4, -0.2) is 6.22 Å². The second-order valence-electron chi connectivity index (χ2n) is 1.63. The Morgan fingerprint density at radius 2 is 2.14 bits per heavy atom. The minimum atomic E-state index is 1.31. The fourth-order valence-electron chi connectivity index (χ4n) is 0.463. The maximum atomic E-state index is 2.26. The molecule has 0 unspecified atom stereocenters. The number of hydrogen-bond donors (Lipinski definition) is 0. The molecule has 0 atom stereocenters. The molecule has 0 heterocycles. The van der Waals surface area contributed by atoms with Crippen LogP contribution in [-0.2, 0) is 23.0 Å². The summed E-state index contributed by atoms with van der Waals surface area (Å²) < 4.78 is 0. The monoisotopic (exact) mass is 279 g/mol. The van der Waals surface area contributed by atoms with Gasteiger partial charge in [-0.2, -0.15) is 0 Å². The molecule has 0 aliphatic heterocycles. The molecule has 0 aromatic rings. The molecule has 0 rings (SSSR count). The van der Waals surface area contributed by atoms with E-state index in [4.69, 9.17) is 0 Å². The molecule has 0 saturated carbocycles. The van der Waals surface area contributed by atoms with Gasteiger partial charge in [0.2, 0.25) is 0 Å². The molecule has 0 aromatic heterocycles. The van der Waals surface area contributed by atoms with E-state index in [1.165, 1.54) is 54.5 Å². The molecule has 1 radical (unpaired) electrons. The fourth-order valence-corrected chi connectivity index (χ4v) is 2.80. The van der Waals surface area contributed by atoms with Gasteiger partial charge in [0, 0.05) is 0 Å². The van der Waals surface area contributed by atoms with Crippen molar-refractivity contribution in [2.45, 2.75) is 32.2 Å². The van der Waals surface area contributed by atoms with E-state index in [0.29, 0.717) is 0 Å². The topological polar surface area (TPSA) is 0 Å². The van der Waals surface area contributed by atoms with Gasteiger partial charge in [0.15, 0.2) is 0 Å². The van der Waals surface area contributed by atoms with Gasteiger partial charge >= 0.3 is 61.4 Å². The van der Waals surface area contributed by atoms with Crippen molar-refractivity contribution in [3.05, 3.63) is 0 Å². The molecule has 37 valence electrons. The first-order chi connectivity index (χ1) is 3.41. The van der Waals surface area contributed by atoms with Crippen LogP contribution in [0.25, 0.3) is 0 Å². The second-order valence-corrected chi connectivity index (χ2v) is 6.30. The van der Waals surface area contributed by atoms with Gasteiger partial charge in [0.05, 0.1) is 0 Å². The van der Waals surface area contributed by atoms with Crippen molar-refractivity contribution < 1.29 is 23.0 Å². The first-order valence-electron chi connectivity index (χ1n) is 2.81. The molecule has 0 spiro atoms. The molecular formula is C5H11HfSi+2. The molecule has 7 heavy (non-hydrogen) atoms. The fraction of sp³-hybridized carbons (Fsp3) is 1.00. The Bertz CT molecular complexity index is 45.3. The molecule has 0 fully saturated rings. The van der Waals surface area contributed by atoms with Crippen molar-refractivity contribution in [2.24, 2.45) is 0 Å². The summed E-state index contributed by atoms with van der Waals surface area (Å²) in [6.45, 7) is 2.26. The number of unbranched alkanes of at least 4 members (excludes halogenated alkanes) is 2. The van der Waals surface area contributed by atoms with Crippen molar-refractivity contribution in [3.8, 4) is 0 Å². The van der Waals surface area contributed by atoms with E-state index in [0.717, 1.165) is 0 Å². The molecule has 0 aliphatic rings. The Morgan fingerprint density at radius 3 is 2.57 bits per heavy atom. The van der Waals surface area contributed by atoms with Crippen molar-refractivity contribution in [1.82, 2.24) is 0 Å². The molecular weight excluding hydrogens is 267 g/mol. The van der Waals surface area contributed by atoms with Gasteiger partial charge in [-0.15, -0.1) is 0 Å². The van der Waals surface area contributed by atoms with E-state index in [9.17, 15) is 0 Å². The quantitative estimate of drug-likeness (QED) is 0.543. The Labute approximate surface area is 61.4 Å². The van der Waals surface area contributed by atoms with Gasteiger partial charge in [0.1, 0.15) is 0 Å². The first-order valence-corrected chi connectivity index (χ1v) is 9.41. The zero-order chi connectivity index (χ0) is 5.54. The molecule has 0 aromatic carbocycles. The third-order valence-corrected chi connectivity index (χ3v) is 4.20. The van der Waals surface area contributed by atoms with Crippen molar-refractivity contribution in [3.63, 3.8) is 0 Å². The van der Waals surface area contributed by atoms with Crippen LogP contribution in [0.3, 0.4) is 0 Å². The molecule has 0 N–H and O–H groups in total. The normalized spacial score (nSPS) is 9.00. The summed E-state index contributed by atoms with van der Waals surface area (Å²) in [4.78, 5) is 0. The van der Waals surface area contributed by atoms with Crippen molar-refractivity contribution in [2.75, 3.05) is 0 Å².